The summed E-state index contributed by atoms with van der Waals surface area (Å²) in [6.07, 6.45) is 0. The van der Waals surface area contributed by atoms with Crippen molar-refractivity contribution in [1.82, 2.24) is 9.48 Å². The predicted molar refractivity (Wildman–Crippen MR) is 124 cm³/mol. The Morgan fingerprint density at radius 3 is 2.58 bits per heavy atom. The summed E-state index contributed by atoms with van der Waals surface area (Å²) < 4.78 is 8.24. The third-order valence-corrected chi connectivity index (χ3v) is 5.45. The monoisotopic (exact) mass is 416 g/mol. The molecule has 1 amide bonds. The minimum Gasteiger partial charge on any atom is -0.456 e. The highest BCUT2D eigenvalue weighted by Crippen LogP contribution is 2.41. The van der Waals surface area contributed by atoms with E-state index >= 15 is 0 Å². The zero-order valence-electron chi connectivity index (χ0n) is 17.9. The van der Waals surface area contributed by atoms with Crippen LogP contribution in [-0.4, -0.2) is 50.2 Å². The molecule has 0 unspecified atom stereocenters. The molecule has 0 fully saturated rings. The Kier molecular flexibility index (Phi) is 5.48. The van der Waals surface area contributed by atoms with Crippen molar-refractivity contribution >= 4 is 22.6 Å². The maximum absolute atomic E-state index is 13.2. The first-order valence-electron chi connectivity index (χ1n) is 10.1. The number of carbonyl (C=O) groups excluding carboxylic acids is 1. The van der Waals surface area contributed by atoms with Crippen LogP contribution in [0.4, 0.5) is 5.69 Å². The van der Waals surface area contributed by atoms with Crippen LogP contribution < -0.4 is 15.7 Å². The Labute approximate surface area is 180 Å². The first-order chi connectivity index (χ1) is 14.9. The quantitative estimate of drug-likeness (QED) is 0.304. The Bertz CT molecular complexity index is 1320. The normalized spacial score (nSPS) is 11.1. The molecule has 4 rings (SSSR count). The zero-order chi connectivity index (χ0) is 22.1. The number of carbonyl (C=O) groups is 1. The van der Waals surface area contributed by atoms with Crippen LogP contribution in [0.1, 0.15) is 10.4 Å². The van der Waals surface area contributed by atoms with Crippen molar-refractivity contribution in [2.45, 2.75) is 0 Å². The van der Waals surface area contributed by atoms with Crippen molar-refractivity contribution in [3.05, 3.63) is 71.6 Å². The highest BCUT2D eigenvalue weighted by molar-refractivity contribution is 6.09. The Hall–Kier alpha value is -3.64. The summed E-state index contributed by atoms with van der Waals surface area (Å²) in [5, 5.41) is 11.2. The van der Waals surface area contributed by atoms with Gasteiger partial charge in [0.1, 0.15) is 25.4 Å². The van der Waals surface area contributed by atoms with Crippen molar-refractivity contribution in [2.24, 2.45) is 0 Å². The van der Waals surface area contributed by atoms with E-state index in [-0.39, 0.29) is 19.1 Å². The molecule has 1 heterocycles. The summed E-state index contributed by atoms with van der Waals surface area (Å²) in [7, 11) is 5.65. The number of anilines is 1. The molecule has 0 saturated carbocycles. The van der Waals surface area contributed by atoms with Gasteiger partial charge in [-0.1, -0.05) is 18.2 Å². The molecule has 0 atom stereocenters. The van der Waals surface area contributed by atoms with Gasteiger partial charge in [0.2, 0.25) is 5.36 Å². The molecule has 6 heteroatoms. The zero-order valence-corrected chi connectivity index (χ0v) is 17.9. The predicted octanol–water partition coefficient (Wildman–Crippen LogP) is 2.88. The van der Waals surface area contributed by atoms with E-state index in [1.807, 2.05) is 79.3 Å². The van der Waals surface area contributed by atoms with E-state index in [0.29, 0.717) is 22.6 Å². The molecular formula is C25H26N3O3+. The number of likely N-dealkylation sites (N-methyl/N-ethyl adjacent to an activating group) is 1. The number of rotatable bonds is 4. The van der Waals surface area contributed by atoms with E-state index in [1.165, 1.54) is 4.90 Å². The van der Waals surface area contributed by atoms with Gasteiger partial charge in [0.15, 0.2) is 0 Å². The van der Waals surface area contributed by atoms with Gasteiger partial charge in [-0.15, -0.1) is 0 Å². The van der Waals surface area contributed by atoms with Crippen molar-refractivity contribution in [1.29, 1.82) is 0 Å². The smallest absolute Gasteiger partial charge is 0.254 e. The molecule has 0 bridgehead atoms. The lowest BCUT2D eigenvalue weighted by molar-refractivity contribution is 0.0767. The number of fused-ring (bicyclic) bond motifs is 2. The van der Waals surface area contributed by atoms with Crippen LogP contribution in [0.5, 0.6) is 0 Å². The maximum atomic E-state index is 13.2. The fraction of sp³-hybridized carbons (Fsp3) is 0.200. The van der Waals surface area contributed by atoms with E-state index in [4.69, 9.17) is 10.2 Å². The van der Waals surface area contributed by atoms with Crippen LogP contribution in [0, 0.1) is 0 Å². The first-order valence-corrected chi connectivity index (χ1v) is 10.1. The second-order valence-corrected chi connectivity index (χ2v) is 7.80. The van der Waals surface area contributed by atoms with Gasteiger partial charge in [0.25, 0.3) is 5.91 Å². The third-order valence-electron chi connectivity index (χ3n) is 5.45. The number of benzene rings is 3. The van der Waals surface area contributed by atoms with Gasteiger partial charge in [-0.05, 0) is 29.8 Å². The fourth-order valence-corrected chi connectivity index (χ4v) is 3.81. The summed E-state index contributed by atoms with van der Waals surface area (Å²) in [5.74, 6) is 0.567. The van der Waals surface area contributed by atoms with Gasteiger partial charge in [0, 0.05) is 53.5 Å². The molecule has 31 heavy (non-hydrogen) atoms. The SMILES string of the molecule is CN(CCO)C(=O)c1ccccc1-c1c2ccc(=[N+](C)C)cc-2oc2cc(N)ccc12. The topological polar surface area (TPSA) is 82.7 Å². The second kappa shape index (κ2) is 8.24. The molecule has 2 aromatic rings. The average Bonchev–Trinajstić information content (AvgIpc) is 2.76. The molecule has 0 radical (unpaired) electrons. The van der Waals surface area contributed by atoms with Crippen molar-refractivity contribution in [2.75, 3.05) is 40.0 Å². The highest BCUT2D eigenvalue weighted by Gasteiger charge is 2.23. The van der Waals surface area contributed by atoms with Crippen LogP contribution in [0.3, 0.4) is 0 Å². The summed E-state index contributed by atoms with van der Waals surface area (Å²) in [4.78, 5) is 14.7. The molecule has 3 N–H and O–H groups in total. The molecule has 0 spiro atoms. The number of nitrogens with zero attached hydrogens (tertiary/aromatic N) is 2. The van der Waals surface area contributed by atoms with Crippen LogP contribution in [0.15, 0.2) is 65.1 Å². The minimum absolute atomic E-state index is 0.0902. The van der Waals surface area contributed by atoms with E-state index in [2.05, 4.69) is 0 Å². The Balaban J connectivity index is 2.08. The number of hydrogen-bond donors (Lipinski definition) is 2. The van der Waals surface area contributed by atoms with Gasteiger partial charge in [-0.25, -0.2) is 4.58 Å². The number of amides is 1. The standard InChI is InChI=1S/C25H25N3O3/c1-27(2)17-9-11-21-23(15-17)31-22-14-16(26)8-10-20(22)24(21)18-6-4-5-7-19(18)25(30)28(3)12-13-29/h4-11,14-15,26,29H,12-13H2,1-3H3/p+1. The van der Waals surface area contributed by atoms with Crippen LogP contribution in [0.2, 0.25) is 0 Å². The fourth-order valence-electron chi connectivity index (χ4n) is 3.81. The number of aliphatic hydroxyl groups excluding tert-OH is 1. The van der Waals surface area contributed by atoms with E-state index in [1.54, 1.807) is 7.05 Å². The largest absolute Gasteiger partial charge is 0.456 e. The van der Waals surface area contributed by atoms with E-state index < -0.39 is 0 Å². The molecule has 0 saturated heterocycles. The summed E-state index contributed by atoms with van der Waals surface area (Å²) >= 11 is 0. The number of nitrogens with two attached hydrogens (primary N) is 1. The molecule has 2 aliphatic rings. The first kappa shape index (κ1) is 20.6. The minimum atomic E-state index is -0.146. The lowest BCUT2D eigenvalue weighted by atomic mass is 9.90. The lowest BCUT2D eigenvalue weighted by Gasteiger charge is -2.20. The Morgan fingerprint density at radius 1 is 1.06 bits per heavy atom. The average molecular weight is 417 g/mol. The van der Waals surface area contributed by atoms with Crippen LogP contribution in [-0.2, 0) is 0 Å². The van der Waals surface area contributed by atoms with Crippen molar-refractivity contribution < 1.29 is 14.3 Å². The van der Waals surface area contributed by atoms with Crippen molar-refractivity contribution in [3.63, 3.8) is 0 Å². The van der Waals surface area contributed by atoms with Gasteiger partial charge in [-0.3, -0.25) is 4.79 Å². The van der Waals surface area contributed by atoms with Gasteiger partial charge in [-0.2, -0.15) is 0 Å². The molecule has 1 aliphatic carbocycles. The number of hydrogen-bond acceptors (Lipinski definition) is 4. The Morgan fingerprint density at radius 2 is 1.84 bits per heavy atom. The molecular weight excluding hydrogens is 390 g/mol. The van der Waals surface area contributed by atoms with Crippen LogP contribution in [0.25, 0.3) is 33.4 Å². The molecule has 2 aromatic carbocycles. The summed E-state index contributed by atoms with van der Waals surface area (Å²) in [6, 6.07) is 19.2. The second-order valence-electron chi connectivity index (χ2n) is 7.80. The van der Waals surface area contributed by atoms with E-state index in [0.717, 1.165) is 27.4 Å². The molecule has 0 aromatic heterocycles. The number of nitrogen functional groups attached to an aromatic ring is 1. The highest BCUT2D eigenvalue weighted by atomic mass is 16.3. The summed E-state index contributed by atoms with van der Waals surface area (Å²) in [6.45, 7) is 0.175. The van der Waals surface area contributed by atoms with Gasteiger partial charge >= 0.3 is 0 Å². The van der Waals surface area contributed by atoms with Crippen molar-refractivity contribution in [3.8, 4) is 22.5 Å². The third kappa shape index (κ3) is 3.78. The molecule has 1 aliphatic heterocycles. The molecule has 6 nitrogen and oxygen atoms in total. The van der Waals surface area contributed by atoms with E-state index in [9.17, 15) is 9.90 Å². The summed E-state index contributed by atoms with van der Waals surface area (Å²) in [5.41, 5.74) is 10.5. The maximum Gasteiger partial charge on any atom is 0.254 e. The number of aliphatic hydroxyl groups is 1. The molecule has 158 valence electrons. The van der Waals surface area contributed by atoms with Gasteiger partial charge in [0.05, 0.1) is 12.7 Å². The lowest BCUT2D eigenvalue weighted by Crippen LogP contribution is -2.29. The van der Waals surface area contributed by atoms with Crippen LogP contribution >= 0.6 is 0 Å². The van der Waals surface area contributed by atoms with Gasteiger partial charge < -0.3 is 20.2 Å².